The van der Waals surface area contributed by atoms with Gasteiger partial charge in [0.25, 0.3) is 5.91 Å². The Morgan fingerprint density at radius 2 is 1.79 bits per heavy atom. The molecule has 2 aromatic carbocycles. The van der Waals surface area contributed by atoms with Crippen LogP contribution < -0.4 is 30.2 Å². The number of fused-ring (bicyclic) bond motifs is 9. The summed E-state index contributed by atoms with van der Waals surface area (Å²) >= 11 is 0. The third-order valence-corrected chi connectivity index (χ3v) is 5.79. The van der Waals surface area contributed by atoms with E-state index < -0.39 is 23.5 Å². The summed E-state index contributed by atoms with van der Waals surface area (Å²) in [7, 11) is 2.96. The van der Waals surface area contributed by atoms with Gasteiger partial charge in [0.2, 0.25) is 5.95 Å². The number of amides is 1. The zero-order valence-electron chi connectivity index (χ0n) is 20.9. The van der Waals surface area contributed by atoms with Crippen LogP contribution in [0.4, 0.5) is 36.3 Å². The van der Waals surface area contributed by atoms with Crippen molar-refractivity contribution in [3.8, 4) is 17.2 Å². The molecule has 0 radical (unpaired) electrons. The van der Waals surface area contributed by atoms with Gasteiger partial charge in [0.1, 0.15) is 17.1 Å². The Labute approximate surface area is 217 Å². The van der Waals surface area contributed by atoms with E-state index in [1.54, 1.807) is 24.3 Å². The average molecular weight is 532 g/mol. The first kappa shape index (κ1) is 26.8. The summed E-state index contributed by atoms with van der Waals surface area (Å²) in [6.07, 6.45) is -0.619. The first-order valence-corrected chi connectivity index (χ1v) is 12.1. The van der Waals surface area contributed by atoms with Crippen molar-refractivity contribution in [1.82, 2.24) is 15.3 Å². The zero-order valence-corrected chi connectivity index (χ0v) is 20.9. The molecular formula is C26H28F3N5O4. The van der Waals surface area contributed by atoms with Gasteiger partial charge in [-0.1, -0.05) is 0 Å². The van der Waals surface area contributed by atoms with Crippen molar-refractivity contribution in [3.63, 3.8) is 0 Å². The van der Waals surface area contributed by atoms with Crippen LogP contribution in [0.5, 0.6) is 17.2 Å². The minimum Gasteiger partial charge on any atom is -0.494 e. The van der Waals surface area contributed by atoms with Crippen molar-refractivity contribution in [3.05, 3.63) is 53.7 Å². The molecular weight excluding hydrogens is 503 g/mol. The Morgan fingerprint density at radius 1 is 1.03 bits per heavy atom. The number of ether oxygens (including phenoxy) is 3. The number of hydrogen-bond acceptors (Lipinski definition) is 8. The van der Waals surface area contributed by atoms with Crippen molar-refractivity contribution in [1.29, 1.82) is 0 Å². The summed E-state index contributed by atoms with van der Waals surface area (Å²) < 4.78 is 58.5. The average Bonchev–Trinajstić information content (AvgIpc) is 2.89. The van der Waals surface area contributed by atoms with E-state index in [1.165, 1.54) is 26.3 Å². The molecule has 0 saturated carbocycles. The van der Waals surface area contributed by atoms with Gasteiger partial charge >= 0.3 is 6.18 Å². The van der Waals surface area contributed by atoms with E-state index in [0.29, 0.717) is 42.3 Å². The Bertz CT molecular complexity index is 1290. The number of carbonyl (C=O) groups excluding carboxylic acids is 1. The van der Waals surface area contributed by atoms with Crippen LogP contribution in [0, 0.1) is 0 Å². The van der Waals surface area contributed by atoms with Crippen molar-refractivity contribution < 1.29 is 32.2 Å². The predicted octanol–water partition coefficient (Wildman–Crippen LogP) is 5.68. The number of nitrogens with zero attached hydrogens (tertiary/aromatic N) is 2. The number of aromatic nitrogens is 2. The van der Waals surface area contributed by atoms with E-state index in [2.05, 4.69) is 25.9 Å². The number of carbonyl (C=O) groups is 1. The normalized spacial score (nSPS) is 14.2. The first-order chi connectivity index (χ1) is 18.3. The van der Waals surface area contributed by atoms with Gasteiger partial charge in [0, 0.05) is 25.0 Å². The number of rotatable bonds is 2. The van der Waals surface area contributed by atoms with Gasteiger partial charge in [-0.3, -0.25) is 4.79 Å². The topological polar surface area (TPSA) is 107 Å². The molecule has 0 unspecified atom stereocenters. The maximum Gasteiger partial charge on any atom is 0.421 e. The third-order valence-electron chi connectivity index (χ3n) is 5.79. The fourth-order valence-electron chi connectivity index (χ4n) is 3.84. The van der Waals surface area contributed by atoms with Gasteiger partial charge in [0.05, 0.1) is 31.6 Å². The second-order valence-electron chi connectivity index (χ2n) is 8.47. The molecule has 202 valence electrons. The maximum absolute atomic E-state index is 13.8. The van der Waals surface area contributed by atoms with Crippen molar-refractivity contribution in [2.75, 3.05) is 38.0 Å². The second-order valence-corrected chi connectivity index (χ2v) is 8.47. The number of alkyl halides is 3. The molecule has 5 rings (SSSR count). The van der Waals surface area contributed by atoms with E-state index in [9.17, 15) is 18.0 Å². The molecule has 0 fully saturated rings. The number of hydrogen-bond donors (Lipinski definition) is 3. The molecule has 9 nitrogen and oxygen atoms in total. The van der Waals surface area contributed by atoms with Crippen molar-refractivity contribution >= 4 is 29.0 Å². The second kappa shape index (κ2) is 11.9. The van der Waals surface area contributed by atoms with E-state index >= 15 is 0 Å². The smallest absolute Gasteiger partial charge is 0.421 e. The lowest BCUT2D eigenvalue weighted by molar-refractivity contribution is -0.137. The van der Waals surface area contributed by atoms with Crippen LogP contribution >= 0.6 is 0 Å². The van der Waals surface area contributed by atoms with E-state index in [-0.39, 0.29) is 17.2 Å². The third kappa shape index (κ3) is 6.55. The molecule has 12 heteroatoms. The Morgan fingerprint density at radius 3 is 2.50 bits per heavy atom. The van der Waals surface area contributed by atoms with Crippen LogP contribution in [0.1, 0.15) is 41.6 Å². The summed E-state index contributed by atoms with van der Waals surface area (Å²) in [6.45, 7) is 0.887. The minimum atomic E-state index is -4.74. The number of halogens is 3. The van der Waals surface area contributed by atoms with E-state index in [0.717, 1.165) is 25.7 Å². The van der Waals surface area contributed by atoms with Gasteiger partial charge in [-0.05, 0) is 56.0 Å². The largest absolute Gasteiger partial charge is 0.494 e. The standard InChI is InChI=1S/C26H28F3N5O4/c1-30-24(35)18-14-17-8-9-20(18)33-23-19(26(27,28)29)15-31-25(34-23)32-16-7-10-21(36-2)22(13-16)38-12-6-4-3-5-11-37-17/h7-10,13-15H,3-6,11-12H2,1-2H3,(H,30,35)(H2,31,32,33,34). The minimum absolute atomic E-state index is 0.0903. The van der Waals surface area contributed by atoms with Crippen molar-refractivity contribution in [2.24, 2.45) is 0 Å². The molecule has 3 heterocycles. The highest BCUT2D eigenvalue weighted by Crippen LogP contribution is 2.37. The van der Waals surface area contributed by atoms with Crippen molar-refractivity contribution in [2.45, 2.75) is 31.9 Å². The fourth-order valence-corrected chi connectivity index (χ4v) is 3.84. The molecule has 3 N–H and O–H groups in total. The van der Waals surface area contributed by atoms with Crippen LogP contribution in [0.2, 0.25) is 0 Å². The molecule has 0 saturated heterocycles. The van der Waals surface area contributed by atoms with E-state index in [1.807, 2.05) is 0 Å². The summed E-state index contributed by atoms with van der Waals surface area (Å²) in [6, 6.07) is 9.59. The molecule has 6 bridgehead atoms. The van der Waals surface area contributed by atoms with Gasteiger partial charge in [-0.2, -0.15) is 18.2 Å². The monoisotopic (exact) mass is 531 g/mol. The zero-order chi connectivity index (χ0) is 27.1. The summed E-state index contributed by atoms with van der Waals surface area (Å²) in [5, 5.41) is 8.09. The fraction of sp³-hybridized carbons (Fsp3) is 0.346. The van der Waals surface area contributed by atoms with Crippen LogP contribution in [0.15, 0.2) is 42.6 Å². The summed E-state index contributed by atoms with van der Waals surface area (Å²) in [4.78, 5) is 20.5. The highest BCUT2D eigenvalue weighted by Gasteiger charge is 2.35. The lowest BCUT2D eigenvalue weighted by atomic mass is 10.1. The predicted molar refractivity (Wildman–Crippen MR) is 136 cm³/mol. The number of benzene rings is 2. The first-order valence-electron chi connectivity index (χ1n) is 12.1. The quantitative estimate of drug-likeness (QED) is 0.388. The van der Waals surface area contributed by atoms with Gasteiger partial charge in [-0.25, -0.2) is 4.98 Å². The molecule has 2 aliphatic heterocycles. The molecule has 0 aliphatic carbocycles. The summed E-state index contributed by atoms with van der Waals surface area (Å²) in [5.41, 5.74) is -0.362. The maximum atomic E-state index is 13.8. The highest BCUT2D eigenvalue weighted by atomic mass is 19.4. The number of methoxy groups -OCH3 is 1. The molecule has 38 heavy (non-hydrogen) atoms. The molecule has 0 spiro atoms. The van der Waals surface area contributed by atoms with Crippen LogP contribution in [0.25, 0.3) is 0 Å². The lowest BCUT2D eigenvalue weighted by Gasteiger charge is -2.18. The Hall–Kier alpha value is -4.22. The number of anilines is 4. The molecule has 1 amide bonds. The van der Waals surface area contributed by atoms with E-state index in [4.69, 9.17) is 14.2 Å². The van der Waals surface area contributed by atoms with Gasteiger partial charge in [-0.15, -0.1) is 0 Å². The number of nitrogens with one attached hydrogen (secondary N) is 3. The highest BCUT2D eigenvalue weighted by molar-refractivity contribution is 6.00. The summed E-state index contributed by atoms with van der Waals surface area (Å²) in [5.74, 6) is 0.327. The Balaban J connectivity index is 1.77. The SMILES string of the molecule is CNC(=O)c1cc2ccc1Nc1nc(ncc1C(F)(F)F)Nc1ccc(OC)c(c1)OCCCCCCO2. The molecule has 1 aromatic heterocycles. The van der Waals surface area contributed by atoms with Crippen LogP contribution in [0.3, 0.4) is 0 Å². The van der Waals surface area contributed by atoms with Crippen LogP contribution in [-0.4, -0.2) is 43.2 Å². The van der Waals surface area contributed by atoms with Crippen LogP contribution in [-0.2, 0) is 6.18 Å². The Kier molecular flexibility index (Phi) is 8.39. The van der Waals surface area contributed by atoms with Gasteiger partial charge < -0.3 is 30.2 Å². The molecule has 2 aliphatic rings. The van der Waals surface area contributed by atoms with Gasteiger partial charge in [0.15, 0.2) is 11.5 Å². The molecule has 0 atom stereocenters. The molecule has 3 aromatic rings. The lowest BCUT2D eigenvalue weighted by Crippen LogP contribution is -2.20.